The SMILES string of the molecule is CCCNC(CN(C)CC(F)F)c1cccc(OC)c1. The minimum atomic E-state index is -2.31. The maximum absolute atomic E-state index is 12.4. The first-order valence-corrected chi connectivity index (χ1v) is 6.90. The highest BCUT2D eigenvalue weighted by molar-refractivity contribution is 5.30. The largest absolute Gasteiger partial charge is 0.497 e. The second-order valence-electron chi connectivity index (χ2n) is 4.90. The first-order valence-electron chi connectivity index (χ1n) is 6.90. The lowest BCUT2D eigenvalue weighted by Gasteiger charge is -2.25. The van der Waals surface area contributed by atoms with Crippen LogP contribution < -0.4 is 10.1 Å². The van der Waals surface area contributed by atoms with Gasteiger partial charge < -0.3 is 10.1 Å². The second kappa shape index (κ2) is 8.87. The fourth-order valence-corrected chi connectivity index (χ4v) is 2.09. The Morgan fingerprint density at radius 2 is 2.05 bits per heavy atom. The van der Waals surface area contributed by atoms with Crippen molar-refractivity contribution in [1.82, 2.24) is 10.2 Å². The minimum absolute atomic E-state index is 0.0220. The molecule has 0 fully saturated rings. The molecule has 0 radical (unpaired) electrons. The van der Waals surface area contributed by atoms with Crippen molar-refractivity contribution in [3.63, 3.8) is 0 Å². The number of nitrogens with zero attached hydrogens (tertiary/aromatic N) is 1. The van der Waals surface area contributed by atoms with Crippen LogP contribution in [0.1, 0.15) is 24.9 Å². The molecule has 0 heterocycles. The number of benzene rings is 1. The average Bonchev–Trinajstić information content (AvgIpc) is 2.42. The zero-order valence-corrected chi connectivity index (χ0v) is 12.4. The molecule has 0 amide bonds. The Labute approximate surface area is 119 Å². The molecular weight excluding hydrogens is 262 g/mol. The van der Waals surface area contributed by atoms with Crippen molar-refractivity contribution in [2.45, 2.75) is 25.8 Å². The van der Waals surface area contributed by atoms with Gasteiger partial charge in [-0.1, -0.05) is 19.1 Å². The number of alkyl halides is 2. The van der Waals surface area contributed by atoms with Crippen molar-refractivity contribution < 1.29 is 13.5 Å². The summed E-state index contributed by atoms with van der Waals surface area (Å²) >= 11 is 0. The fraction of sp³-hybridized carbons (Fsp3) is 0.600. The monoisotopic (exact) mass is 286 g/mol. The summed E-state index contributed by atoms with van der Waals surface area (Å²) in [6, 6.07) is 7.76. The molecule has 5 heteroatoms. The topological polar surface area (TPSA) is 24.5 Å². The molecule has 1 atom stereocenters. The van der Waals surface area contributed by atoms with Gasteiger partial charge >= 0.3 is 0 Å². The van der Waals surface area contributed by atoms with Gasteiger partial charge in [-0.05, 0) is 37.7 Å². The van der Waals surface area contributed by atoms with Gasteiger partial charge in [0.05, 0.1) is 13.7 Å². The Morgan fingerprint density at radius 3 is 2.65 bits per heavy atom. The Kier molecular flexibility index (Phi) is 7.47. The van der Waals surface area contributed by atoms with Crippen LogP contribution in [0.25, 0.3) is 0 Å². The van der Waals surface area contributed by atoms with Gasteiger partial charge in [0.15, 0.2) is 0 Å². The molecule has 3 nitrogen and oxygen atoms in total. The molecule has 0 aliphatic rings. The molecule has 1 N–H and O–H groups in total. The van der Waals surface area contributed by atoms with Gasteiger partial charge in [0.2, 0.25) is 0 Å². The summed E-state index contributed by atoms with van der Waals surface area (Å²) in [5.41, 5.74) is 1.05. The normalized spacial score (nSPS) is 12.9. The van der Waals surface area contributed by atoms with Gasteiger partial charge in [-0.15, -0.1) is 0 Å². The van der Waals surface area contributed by atoms with E-state index in [9.17, 15) is 8.78 Å². The number of nitrogens with one attached hydrogen (secondary N) is 1. The predicted molar refractivity (Wildman–Crippen MR) is 77.5 cm³/mol. The molecule has 0 aromatic heterocycles. The van der Waals surface area contributed by atoms with Crippen molar-refractivity contribution in [1.29, 1.82) is 0 Å². The van der Waals surface area contributed by atoms with Crippen molar-refractivity contribution >= 4 is 0 Å². The molecule has 0 bridgehead atoms. The molecule has 0 aliphatic heterocycles. The summed E-state index contributed by atoms with van der Waals surface area (Å²) in [7, 11) is 3.34. The lowest BCUT2D eigenvalue weighted by molar-refractivity contribution is 0.0958. The number of ether oxygens (including phenoxy) is 1. The maximum Gasteiger partial charge on any atom is 0.251 e. The summed E-state index contributed by atoms with van der Waals surface area (Å²) in [6.45, 7) is 3.26. The van der Waals surface area contributed by atoms with Crippen LogP contribution in [0.5, 0.6) is 5.75 Å². The zero-order valence-electron chi connectivity index (χ0n) is 12.4. The summed E-state index contributed by atoms with van der Waals surface area (Å²) in [4.78, 5) is 1.65. The van der Waals surface area contributed by atoms with E-state index in [0.717, 1.165) is 24.3 Å². The minimum Gasteiger partial charge on any atom is -0.497 e. The van der Waals surface area contributed by atoms with E-state index >= 15 is 0 Å². The molecule has 0 aliphatic carbocycles. The Bertz CT molecular complexity index is 388. The Balaban J connectivity index is 2.76. The number of halogens is 2. The number of methoxy groups -OCH3 is 1. The van der Waals surface area contributed by atoms with E-state index in [4.69, 9.17) is 4.74 Å². The van der Waals surface area contributed by atoms with Crippen LogP contribution in [-0.2, 0) is 0 Å². The third kappa shape index (κ3) is 5.84. The van der Waals surface area contributed by atoms with Crippen LogP contribution in [0.4, 0.5) is 8.78 Å². The van der Waals surface area contributed by atoms with Crippen LogP contribution in [0, 0.1) is 0 Å². The van der Waals surface area contributed by atoms with Gasteiger partial charge in [-0.3, -0.25) is 4.90 Å². The van der Waals surface area contributed by atoms with E-state index in [1.165, 1.54) is 0 Å². The second-order valence-corrected chi connectivity index (χ2v) is 4.90. The van der Waals surface area contributed by atoms with Gasteiger partial charge in [-0.25, -0.2) is 8.78 Å². The molecule has 0 saturated heterocycles. The average molecular weight is 286 g/mol. The molecule has 1 aromatic rings. The Morgan fingerprint density at radius 1 is 1.30 bits per heavy atom. The van der Waals surface area contributed by atoms with E-state index in [1.54, 1.807) is 19.1 Å². The summed E-state index contributed by atoms with van der Waals surface area (Å²) in [5.74, 6) is 0.780. The summed E-state index contributed by atoms with van der Waals surface area (Å²) in [6.07, 6.45) is -1.31. The molecular formula is C15H24F2N2O. The number of rotatable bonds is 9. The van der Waals surface area contributed by atoms with Gasteiger partial charge in [0.1, 0.15) is 5.75 Å². The van der Waals surface area contributed by atoms with E-state index in [1.807, 2.05) is 24.3 Å². The van der Waals surface area contributed by atoms with Gasteiger partial charge in [0.25, 0.3) is 6.43 Å². The molecule has 1 unspecified atom stereocenters. The van der Waals surface area contributed by atoms with Crippen molar-refractivity contribution in [3.8, 4) is 5.75 Å². The maximum atomic E-state index is 12.4. The first kappa shape index (κ1) is 16.9. The summed E-state index contributed by atoms with van der Waals surface area (Å²) < 4.78 is 30.1. The quantitative estimate of drug-likeness (QED) is 0.755. The fourth-order valence-electron chi connectivity index (χ4n) is 2.09. The molecule has 114 valence electrons. The van der Waals surface area contributed by atoms with Crippen LogP contribution >= 0.6 is 0 Å². The van der Waals surface area contributed by atoms with Crippen molar-refractivity contribution in [3.05, 3.63) is 29.8 Å². The molecule has 1 aromatic carbocycles. The van der Waals surface area contributed by atoms with Crippen molar-refractivity contribution in [2.24, 2.45) is 0 Å². The van der Waals surface area contributed by atoms with Crippen LogP contribution in [0.15, 0.2) is 24.3 Å². The first-order chi connectivity index (χ1) is 9.56. The molecule has 0 saturated carbocycles. The van der Waals surface area contributed by atoms with E-state index in [0.29, 0.717) is 6.54 Å². The van der Waals surface area contributed by atoms with Crippen molar-refractivity contribution in [2.75, 3.05) is 33.8 Å². The lowest BCUT2D eigenvalue weighted by Crippen LogP contribution is -2.35. The van der Waals surface area contributed by atoms with Gasteiger partial charge in [0, 0.05) is 12.6 Å². The Hall–Kier alpha value is -1.20. The van der Waals surface area contributed by atoms with E-state index in [-0.39, 0.29) is 12.6 Å². The highest BCUT2D eigenvalue weighted by Crippen LogP contribution is 2.20. The molecule has 20 heavy (non-hydrogen) atoms. The highest BCUT2D eigenvalue weighted by Gasteiger charge is 2.16. The number of likely N-dealkylation sites (N-methyl/N-ethyl adjacent to an activating group) is 1. The smallest absolute Gasteiger partial charge is 0.251 e. The van der Waals surface area contributed by atoms with Crippen LogP contribution in [0.2, 0.25) is 0 Å². The number of hydrogen-bond acceptors (Lipinski definition) is 3. The third-order valence-corrected chi connectivity index (χ3v) is 3.08. The number of hydrogen-bond donors (Lipinski definition) is 1. The molecule has 1 rings (SSSR count). The predicted octanol–water partition coefficient (Wildman–Crippen LogP) is 2.93. The van der Waals surface area contributed by atoms with E-state index < -0.39 is 6.43 Å². The van der Waals surface area contributed by atoms with Gasteiger partial charge in [-0.2, -0.15) is 0 Å². The lowest BCUT2D eigenvalue weighted by atomic mass is 10.1. The van der Waals surface area contributed by atoms with Crippen LogP contribution in [0.3, 0.4) is 0 Å². The van der Waals surface area contributed by atoms with E-state index in [2.05, 4.69) is 12.2 Å². The third-order valence-electron chi connectivity index (χ3n) is 3.08. The zero-order chi connectivity index (χ0) is 15.0. The standard InChI is InChI=1S/C15H24F2N2O/c1-4-8-18-14(10-19(2)11-15(16)17)12-6-5-7-13(9-12)20-3/h5-7,9,14-15,18H,4,8,10-11H2,1-3H3. The van der Waals surface area contributed by atoms with Crippen LogP contribution in [-0.4, -0.2) is 45.1 Å². The highest BCUT2D eigenvalue weighted by atomic mass is 19.3. The molecule has 0 spiro atoms. The summed E-state index contributed by atoms with van der Waals surface area (Å²) in [5, 5.41) is 3.40.